The van der Waals surface area contributed by atoms with Gasteiger partial charge in [-0.2, -0.15) is 5.26 Å². The minimum Gasteiger partial charge on any atom is -0.456 e. The van der Waals surface area contributed by atoms with Crippen molar-refractivity contribution in [1.82, 2.24) is 5.32 Å². The lowest BCUT2D eigenvalue weighted by atomic mass is 10.0. The number of esters is 1. The van der Waals surface area contributed by atoms with E-state index in [1.807, 2.05) is 13.0 Å². The molecule has 7 heteroatoms. The van der Waals surface area contributed by atoms with Crippen molar-refractivity contribution >= 4 is 23.4 Å². The molecule has 1 rings (SSSR count). The third kappa shape index (κ3) is 5.32. The predicted octanol–water partition coefficient (Wildman–Crippen LogP) is 1.41. The fourth-order valence-electron chi connectivity index (χ4n) is 1.89. The largest absolute Gasteiger partial charge is 0.456 e. The topological polar surface area (TPSA) is 120 Å². The molecule has 0 spiro atoms. The highest BCUT2D eigenvalue weighted by atomic mass is 16.5. The standard InChI is InChI=1S/C17H19N3O4/c1-10-5-4-6-13(7-10)16(22)20-12(3)17(23)24-9-15(21)14(8-18)11(2)19/h4-7,12,14,19H,9H2,1-3H3,(H,20,22)/t12-,14+/m0/s1. The van der Waals surface area contributed by atoms with Crippen molar-refractivity contribution in [3.63, 3.8) is 0 Å². The molecule has 7 nitrogen and oxygen atoms in total. The van der Waals surface area contributed by atoms with Crippen LogP contribution in [0.2, 0.25) is 0 Å². The molecule has 0 aliphatic heterocycles. The molecule has 0 saturated carbocycles. The molecular weight excluding hydrogens is 310 g/mol. The Balaban J connectivity index is 2.56. The lowest BCUT2D eigenvalue weighted by Gasteiger charge is -2.14. The number of nitrogens with zero attached hydrogens (tertiary/aromatic N) is 1. The van der Waals surface area contributed by atoms with Gasteiger partial charge in [-0.05, 0) is 32.9 Å². The van der Waals surface area contributed by atoms with Gasteiger partial charge in [-0.15, -0.1) is 0 Å². The van der Waals surface area contributed by atoms with Gasteiger partial charge in [0.1, 0.15) is 12.0 Å². The second-order valence-electron chi connectivity index (χ2n) is 5.38. The Bertz CT molecular complexity index is 706. The SMILES string of the molecule is CC(=N)[C@@H](C#N)C(=O)COC(=O)[C@H](C)NC(=O)c1cccc(C)c1. The molecule has 0 radical (unpaired) electrons. The van der Waals surface area contributed by atoms with E-state index < -0.39 is 36.2 Å². The Morgan fingerprint density at radius 3 is 2.58 bits per heavy atom. The van der Waals surface area contributed by atoms with E-state index in [0.29, 0.717) is 5.56 Å². The molecular formula is C17H19N3O4. The van der Waals surface area contributed by atoms with Crippen LogP contribution < -0.4 is 5.32 Å². The number of ether oxygens (including phenoxy) is 1. The van der Waals surface area contributed by atoms with Crippen LogP contribution in [0.1, 0.15) is 29.8 Å². The Labute approximate surface area is 140 Å². The van der Waals surface area contributed by atoms with Crippen LogP contribution in [0.3, 0.4) is 0 Å². The maximum absolute atomic E-state index is 12.0. The molecule has 0 fully saturated rings. The molecule has 126 valence electrons. The van der Waals surface area contributed by atoms with Crippen LogP contribution in [-0.2, 0) is 14.3 Å². The van der Waals surface area contributed by atoms with Crippen molar-refractivity contribution in [2.45, 2.75) is 26.8 Å². The highest BCUT2D eigenvalue weighted by Crippen LogP contribution is 2.05. The predicted molar refractivity (Wildman–Crippen MR) is 86.6 cm³/mol. The number of amides is 1. The maximum Gasteiger partial charge on any atom is 0.328 e. The van der Waals surface area contributed by atoms with Gasteiger partial charge in [0, 0.05) is 11.3 Å². The summed E-state index contributed by atoms with van der Waals surface area (Å²) in [5.41, 5.74) is 1.21. The second-order valence-corrected chi connectivity index (χ2v) is 5.38. The van der Waals surface area contributed by atoms with Gasteiger partial charge in [0.2, 0.25) is 0 Å². The number of benzene rings is 1. The molecule has 1 aromatic rings. The maximum atomic E-state index is 12.0. The van der Waals surface area contributed by atoms with Crippen molar-refractivity contribution in [2.75, 3.05) is 6.61 Å². The van der Waals surface area contributed by atoms with E-state index in [2.05, 4.69) is 5.32 Å². The molecule has 0 aliphatic rings. The summed E-state index contributed by atoms with van der Waals surface area (Å²) in [4.78, 5) is 35.6. The molecule has 0 heterocycles. The van der Waals surface area contributed by atoms with Crippen LogP contribution in [0.25, 0.3) is 0 Å². The number of carbonyl (C=O) groups is 3. The highest BCUT2D eigenvalue weighted by molar-refractivity contribution is 6.06. The van der Waals surface area contributed by atoms with E-state index in [0.717, 1.165) is 5.56 Å². The Morgan fingerprint density at radius 2 is 2.04 bits per heavy atom. The Morgan fingerprint density at radius 1 is 1.38 bits per heavy atom. The van der Waals surface area contributed by atoms with E-state index in [4.69, 9.17) is 15.4 Å². The van der Waals surface area contributed by atoms with Crippen LogP contribution in [0, 0.1) is 29.6 Å². The Hall–Kier alpha value is -3.01. The number of aryl methyl sites for hydroxylation is 1. The molecule has 0 aromatic heterocycles. The molecule has 0 unspecified atom stereocenters. The van der Waals surface area contributed by atoms with E-state index in [1.54, 1.807) is 24.3 Å². The first-order valence-corrected chi connectivity index (χ1v) is 7.27. The van der Waals surface area contributed by atoms with E-state index in [1.165, 1.54) is 13.8 Å². The summed E-state index contributed by atoms with van der Waals surface area (Å²) in [5.74, 6) is -3.12. The highest BCUT2D eigenvalue weighted by Gasteiger charge is 2.24. The van der Waals surface area contributed by atoms with Gasteiger partial charge in [-0.25, -0.2) is 4.79 Å². The summed E-state index contributed by atoms with van der Waals surface area (Å²) in [7, 11) is 0. The van der Waals surface area contributed by atoms with Gasteiger partial charge in [-0.3, -0.25) is 9.59 Å². The second kappa shape index (κ2) is 8.58. The smallest absolute Gasteiger partial charge is 0.328 e. The molecule has 2 N–H and O–H groups in total. The van der Waals surface area contributed by atoms with E-state index in [-0.39, 0.29) is 5.71 Å². The zero-order chi connectivity index (χ0) is 18.3. The number of nitrogens with one attached hydrogen (secondary N) is 2. The van der Waals surface area contributed by atoms with Crippen LogP contribution in [-0.4, -0.2) is 36.0 Å². The lowest BCUT2D eigenvalue weighted by Crippen LogP contribution is -2.40. The van der Waals surface area contributed by atoms with E-state index in [9.17, 15) is 14.4 Å². The van der Waals surface area contributed by atoms with Gasteiger partial charge in [-0.1, -0.05) is 17.7 Å². The van der Waals surface area contributed by atoms with Gasteiger partial charge >= 0.3 is 5.97 Å². The average molecular weight is 329 g/mol. The van der Waals surface area contributed by atoms with Crippen LogP contribution >= 0.6 is 0 Å². The van der Waals surface area contributed by atoms with Crippen LogP contribution in [0.4, 0.5) is 0 Å². The van der Waals surface area contributed by atoms with Crippen molar-refractivity contribution in [3.05, 3.63) is 35.4 Å². The third-order valence-electron chi connectivity index (χ3n) is 3.22. The number of hydrogen-bond acceptors (Lipinski definition) is 6. The number of ketones is 1. The fourth-order valence-corrected chi connectivity index (χ4v) is 1.89. The summed E-state index contributed by atoms with van der Waals surface area (Å²) >= 11 is 0. The monoisotopic (exact) mass is 329 g/mol. The average Bonchev–Trinajstić information content (AvgIpc) is 2.52. The Kier molecular flexibility index (Phi) is 6.80. The molecule has 1 amide bonds. The molecule has 0 saturated heterocycles. The first-order chi connectivity index (χ1) is 11.3. The fraction of sp³-hybridized carbons (Fsp3) is 0.353. The van der Waals surface area contributed by atoms with Crippen LogP contribution in [0.15, 0.2) is 24.3 Å². The zero-order valence-corrected chi connectivity index (χ0v) is 13.8. The normalized spacial score (nSPS) is 12.4. The van der Waals surface area contributed by atoms with Crippen molar-refractivity contribution in [3.8, 4) is 6.07 Å². The quantitative estimate of drug-likeness (QED) is 0.579. The van der Waals surface area contributed by atoms with Gasteiger partial charge in [0.25, 0.3) is 5.91 Å². The summed E-state index contributed by atoms with van der Waals surface area (Å²) in [6.45, 7) is 4.00. The van der Waals surface area contributed by atoms with Crippen molar-refractivity contribution in [1.29, 1.82) is 10.7 Å². The minimum atomic E-state index is -1.23. The number of rotatable bonds is 7. The third-order valence-corrected chi connectivity index (χ3v) is 3.22. The lowest BCUT2D eigenvalue weighted by molar-refractivity contribution is -0.149. The number of carbonyl (C=O) groups excluding carboxylic acids is 3. The zero-order valence-electron chi connectivity index (χ0n) is 13.8. The van der Waals surface area contributed by atoms with Crippen molar-refractivity contribution < 1.29 is 19.1 Å². The minimum absolute atomic E-state index is 0.112. The number of nitriles is 1. The van der Waals surface area contributed by atoms with Gasteiger partial charge < -0.3 is 15.5 Å². The van der Waals surface area contributed by atoms with E-state index >= 15 is 0 Å². The van der Waals surface area contributed by atoms with Gasteiger partial charge in [0.05, 0.1) is 6.07 Å². The number of Topliss-reactive ketones (excluding diaryl/α,β-unsaturated/α-hetero) is 1. The van der Waals surface area contributed by atoms with Crippen molar-refractivity contribution in [2.24, 2.45) is 5.92 Å². The summed E-state index contributed by atoms with van der Waals surface area (Å²) in [6, 6.07) is 7.60. The molecule has 0 aliphatic carbocycles. The summed E-state index contributed by atoms with van der Waals surface area (Å²) < 4.78 is 4.81. The van der Waals surface area contributed by atoms with Crippen LogP contribution in [0.5, 0.6) is 0 Å². The first kappa shape index (κ1) is 19.0. The first-order valence-electron chi connectivity index (χ1n) is 7.27. The molecule has 24 heavy (non-hydrogen) atoms. The summed E-state index contributed by atoms with van der Waals surface area (Å²) in [5, 5.41) is 18.6. The number of hydrogen-bond donors (Lipinski definition) is 2. The summed E-state index contributed by atoms with van der Waals surface area (Å²) in [6.07, 6.45) is 0. The molecule has 2 atom stereocenters. The molecule has 1 aromatic carbocycles. The van der Waals surface area contributed by atoms with Gasteiger partial charge in [0.15, 0.2) is 12.4 Å². The molecule has 0 bridgehead atoms.